The molecule has 7 nitrogen and oxygen atoms in total. The van der Waals surface area contributed by atoms with Crippen LogP contribution in [0.15, 0.2) is 22.7 Å². The molecule has 0 aliphatic rings. The van der Waals surface area contributed by atoms with Gasteiger partial charge in [-0.05, 0) is 12.1 Å². The Labute approximate surface area is 146 Å². The van der Waals surface area contributed by atoms with E-state index in [-0.39, 0.29) is 5.91 Å². The number of thioether (sulfide) groups is 1. The summed E-state index contributed by atoms with van der Waals surface area (Å²) in [4.78, 5) is 23.2. The van der Waals surface area contributed by atoms with Gasteiger partial charge in [-0.3, -0.25) is 4.79 Å². The molecule has 2 N–H and O–H groups in total. The molecule has 2 aromatic heterocycles. The number of carbonyl (C=O) groups excluding carboxylic acids is 1. The normalized spacial score (nSPS) is 10.8. The van der Waals surface area contributed by atoms with Crippen molar-refractivity contribution < 1.29 is 14.3 Å². The van der Waals surface area contributed by atoms with Gasteiger partial charge in [0.25, 0.3) is 0 Å². The van der Waals surface area contributed by atoms with Crippen molar-refractivity contribution >= 4 is 45.2 Å². The van der Waals surface area contributed by atoms with Crippen LogP contribution in [-0.4, -0.2) is 35.1 Å². The molecule has 3 aromatic rings. The number of H-pyrrole nitrogens is 1. The fraction of sp³-hybridized carbons (Fsp3) is 0.267. The number of hydrogen-bond donors (Lipinski definition) is 2. The number of rotatable bonds is 6. The topological polar surface area (TPSA) is 89.1 Å². The maximum Gasteiger partial charge on any atom is 0.223 e. The third-order valence-corrected chi connectivity index (χ3v) is 4.89. The van der Waals surface area contributed by atoms with Crippen molar-refractivity contribution in [1.82, 2.24) is 15.0 Å². The summed E-state index contributed by atoms with van der Waals surface area (Å²) < 4.78 is 10.7. The maximum absolute atomic E-state index is 11.0. The van der Waals surface area contributed by atoms with E-state index in [0.717, 1.165) is 21.9 Å². The Morgan fingerprint density at radius 1 is 1.29 bits per heavy atom. The fourth-order valence-electron chi connectivity index (χ4n) is 2.15. The number of imidazole rings is 1. The molecule has 24 heavy (non-hydrogen) atoms. The number of amides is 1. The number of thiazole rings is 1. The average Bonchev–Trinajstić information content (AvgIpc) is 3.17. The molecular formula is C15H16N4O3S2. The van der Waals surface area contributed by atoms with Crippen LogP contribution in [-0.2, 0) is 10.5 Å². The number of aromatic amines is 1. The number of aromatic nitrogens is 3. The van der Waals surface area contributed by atoms with Gasteiger partial charge in [-0.15, -0.1) is 11.3 Å². The molecular weight excluding hydrogens is 348 g/mol. The Hall–Kier alpha value is -2.26. The van der Waals surface area contributed by atoms with Crippen LogP contribution in [0.5, 0.6) is 11.5 Å². The number of benzene rings is 1. The summed E-state index contributed by atoms with van der Waals surface area (Å²) in [6.07, 6.45) is 0. The second kappa shape index (κ2) is 7.10. The first-order chi connectivity index (χ1) is 11.6. The summed E-state index contributed by atoms with van der Waals surface area (Å²) in [5.74, 6) is 1.92. The Morgan fingerprint density at radius 2 is 2.04 bits per heavy atom. The molecule has 0 bridgehead atoms. The molecule has 2 heterocycles. The molecule has 0 fully saturated rings. The number of nitrogens with zero attached hydrogens (tertiary/aromatic N) is 2. The molecule has 1 aromatic carbocycles. The third kappa shape index (κ3) is 3.46. The highest BCUT2D eigenvalue weighted by Crippen LogP contribution is 2.34. The quantitative estimate of drug-likeness (QED) is 0.653. The van der Waals surface area contributed by atoms with Crippen LogP contribution in [0.4, 0.5) is 5.13 Å². The van der Waals surface area contributed by atoms with Crippen molar-refractivity contribution in [3.05, 3.63) is 23.2 Å². The van der Waals surface area contributed by atoms with Crippen LogP contribution in [0.1, 0.15) is 12.6 Å². The first-order valence-electron chi connectivity index (χ1n) is 7.06. The summed E-state index contributed by atoms with van der Waals surface area (Å²) in [6, 6.07) is 3.67. The lowest BCUT2D eigenvalue weighted by Crippen LogP contribution is -2.05. The Bertz CT molecular complexity index is 834. The Morgan fingerprint density at radius 3 is 2.75 bits per heavy atom. The molecule has 1 amide bonds. The number of nitrogens with one attached hydrogen (secondary N) is 2. The van der Waals surface area contributed by atoms with Crippen LogP contribution in [0, 0.1) is 0 Å². The lowest BCUT2D eigenvalue weighted by Gasteiger charge is -2.03. The number of hydrogen-bond acceptors (Lipinski definition) is 7. The van der Waals surface area contributed by atoms with Crippen molar-refractivity contribution in [3.8, 4) is 11.5 Å². The lowest BCUT2D eigenvalue weighted by molar-refractivity contribution is -0.114. The van der Waals surface area contributed by atoms with E-state index >= 15 is 0 Å². The molecule has 0 atom stereocenters. The maximum atomic E-state index is 11.0. The Kier molecular flexibility index (Phi) is 4.91. The van der Waals surface area contributed by atoms with E-state index < -0.39 is 0 Å². The number of carbonyl (C=O) groups is 1. The van der Waals surface area contributed by atoms with Crippen molar-refractivity contribution in [1.29, 1.82) is 0 Å². The minimum Gasteiger partial charge on any atom is -0.494 e. The van der Waals surface area contributed by atoms with Crippen molar-refractivity contribution in [2.45, 2.75) is 17.8 Å². The summed E-state index contributed by atoms with van der Waals surface area (Å²) >= 11 is 2.93. The molecule has 0 unspecified atom stereocenters. The van der Waals surface area contributed by atoms with E-state index in [4.69, 9.17) is 9.47 Å². The molecule has 0 saturated carbocycles. The fourth-order valence-corrected chi connectivity index (χ4v) is 3.77. The van der Waals surface area contributed by atoms with Crippen LogP contribution < -0.4 is 14.8 Å². The van der Waals surface area contributed by atoms with Gasteiger partial charge in [-0.1, -0.05) is 11.8 Å². The SMILES string of the molecule is COc1ccc(OC)c2[nH]c(SCc3csc(NC(C)=O)n3)nc12. The third-order valence-electron chi connectivity index (χ3n) is 3.18. The highest BCUT2D eigenvalue weighted by Gasteiger charge is 2.13. The van der Waals surface area contributed by atoms with E-state index in [0.29, 0.717) is 22.4 Å². The van der Waals surface area contributed by atoms with Gasteiger partial charge >= 0.3 is 0 Å². The molecule has 126 valence electrons. The summed E-state index contributed by atoms with van der Waals surface area (Å²) in [5, 5.41) is 5.95. The van der Waals surface area contributed by atoms with Gasteiger partial charge in [0.2, 0.25) is 5.91 Å². The zero-order chi connectivity index (χ0) is 17.1. The van der Waals surface area contributed by atoms with Crippen LogP contribution in [0.25, 0.3) is 11.0 Å². The summed E-state index contributed by atoms with van der Waals surface area (Å²) in [5.41, 5.74) is 2.42. The molecule has 0 aliphatic heterocycles. The van der Waals surface area contributed by atoms with Gasteiger partial charge in [0, 0.05) is 18.1 Å². The van der Waals surface area contributed by atoms with Gasteiger partial charge in [-0.25, -0.2) is 9.97 Å². The number of anilines is 1. The van der Waals surface area contributed by atoms with E-state index in [9.17, 15) is 4.79 Å². The Balaban J connectivity index is 1.78. The standard InChI is InChI=1S/C15H16N4O3S2/c1-8(20)16-14-17-9(6-23-14)7-24-15-18-12-10(21-2)4-5-11(22-3)13(12)19-15/h4-6H,7H2,1-3H3,(H,18,19)(H,16,17,20). The lowest BCUT2D eigenvalue weighted by atomic mass is 10.2. The van der Waals surface area contributed by atoms with Gasteiger partial charge in [-0.2, -0.15) is 0 Å². The smallest absolute Gasteiger partial charge is 0.223 e. The zero-order valence-corrected chi connectivity index (χ0v) is 15.0. The second-order valence-electron chi connectivity index (χ2n) is 4.85. The van der Waals surface area contributed by atoms with Gasteiger partial charge < -0.3 is 19.8 Å². The molecule has 0 aliphatic carbocycles. The van der Waals surface area contributed by atoms with E-state index in [1.54, 1.807) is 14.2 Å². The monoisotopic (exact) mass is 364 g/mol. The predicted octanol–water partition coefficient (Wildman–Crippen LogP) is 3.29. The van der Waals surface area contributed by atoms with Crippen molar-refractivity contribution in [3.63, 3.8) is 0 Å². The molecule has 0 radical (unpaired) electrons. The van der Waals surface area contributed by atoms with Crippen LogP contribution >= 0.6 is 23.1 Å². The van der Waals surface area contributed by atoms with Crippen molar-refractivity contribution in [2.75, 3.05) is 19.5 Å². The molecule has 3 rings (SSSR count). The van der Waals surface area contributed by atoms with E-state index in [1.165, 1.54) is 30.0 Å². The largest absolute Gasteiger partial charge is 0.494 e. The number of methoxy groups -OCH3 is 2. The highest BCUT2D eigenvalue weighted by molar-refractivity contribution is 7.98. The second-order valence-corrected chi connectivity index (χ2v) is 6.67. The van der Waals surface area contributed by atoms with Gasteiger partial charge in [0.05, 0.1) is 19.9 Å². The number of fused-ring (bicyclic) bond motifs is 1. The average molecular weight is 364 g/mol. The molecule has 0 saturated heterocycles. The predicted molar refractivity (Wildman–Crippen MR) is 95.2 cm³/mol. The number of ether oxygens (including phenoxy) is 2. The van der Waals surface area contributed by atoms with Crippen LogP contribution in [0.2, 0.25) is 0 Å². The zero-order valence-electron chi connectivity index (χ0n) is 13.4. The summed E-state index contributed by atoms with van der Waals surface area (Å²) in [6.45, 7) is 1.46. The minimum absolute atomic E-state index is 0.125. The highest BCUT2D eigenvalue weighted by atomic mass is 32.2. The summed E-state index contributed by atoms with van der Waals surface area (Å²) in [7, 11) is 3.23. The van der Waals surface area contributed by atoms with Gasteiger partial charge in [0.1, 0.15) is 22.5 Å². The van der Waals surface area contributed by atoms with E-state index in [1.807, 2.05) is 17.5 Å². The van der Waals surface area contributed by atoms with E-state index in [2.05, 4.69) is 20.3 Å². The van der Waals surface area contributed by atoms with Crippen LogP contribution in [0.3, 0.4) is 0 Å². The first kappa shape index (κ1) is 16.6. The van der Waals surface area contributed by atoms with Gasteiger partial charge in [0.15, 0.2) is 10.3 Å². The first-order valence-corrected chi connectivity index (χ1v) is 8.92. The van der Waals surface area contributed by atoms with Crippen molar-refractivity contribution in [2.24, 2.45) is 0 Å². The molecule has 9 heteroatoms. The minimum atomic E-state index is -0.125. The molecule has 0 spiro atoms.